The van der Waals surface area contributed by atoms with E-state index in [-0.39, 0.29) is 5.75 Å². The molecule has 104 valence electrons. The lowest BCUT2D eigenvalue weighted by Crippen LogP contribution is -2.21. The SMILES string of the molecule is CCC1CCC(c2ccc(OB(O)O)c(F)c2)CC1. The largest absolute Gasteiger partial charge is 0.707 e. The predicted molar refractivity (Wildman–Crippen MR) is 72.2 cm³/mol. The number of hydrogen-bond donors (Lipinski definition) is 2. The van der Waals surface area contributed by atoms with Crippen molar-refractivity contribution >= 4 is 7.32 Å². The molecule has 0 radical (unpaired) electrons. The van der Waals surface area contributed by atoms with Gasteiger partial charge in [-0.25, -0.2) is 4.39 Å². The van der Waals surface area contributed by atoms with Gasteiger partial charge in [0.1, 0.15) is 5.75 Å². The minimum absolute atomic E-state index is 0.124. The summed E-state index contributed by atoms with van der Waals surface area (Å²) in [7, 11) is -1.99. The lowest BCUT2D eigenvalue weighted by Gasteiger charge is -2.28. The normalized spacial score (nSPS) is 23.2. The highest BCUT2D eigenvalue weighted by atomic mass is 19.1. The molecule has 0 amide bonds. The summed E-state index contributed by atoms with van der Waals surface area (Å²) >= 11 is 0. The zero-order chi connectivity index (χ0) is 13.8. The summed E-state index contributed by atoms with van der Waals surface area (Å²) in [6, 6.07) is 4.74. The van der Waals surface area contributed by atoms with Gasteiger partial charge in [0.15, 0.2) is 5.82 Å². The van der Waals surface area contributed by atoms with Crippen molar-refractivity contribution in [3.8, 4) is 5.75 Å². The third-order valence-corrected chi connectivity index (χ3v) is 4.08. The predicted octanol–water partition coefficient (Wildman–Crippen LogP) is 2.86. The summed E-state index contributed by atoms with van der Waals surface area (Å²) < 4.78 is 18.3. The van der Waals surface area contributed by atoms with Crippen LogP contribution in [0, 0.1) is 11.7 Å². The first kappa shape index (κ1) is 14.3. The molecule has 1 aromatic rings. The van der Waals surface area contributed by atoms with Gasteiger partial charge < -0.3 is 14.7 Å². The van der Waals surface area contributed by atoms with Crippen molar-refractivity contribution in [3.05, 3.63) is 29.6 Å². The molecule has 0 spiro atoms. The maximum atomic E-state index is 13.8. The van der Waals surface area contributed by atoms with Gasteiger partial charge in [0.05, 0.1) is 0 Å². The third-order valence-electron chi connectivity index (χ3n) is 4.08. The van der Waals surface area contributed by atoms with Crippen LogP contribution in [0.3, 0.4) is 0 Å². The van der Waals surface area contributed by atoms with E-state index in [1.165, 1.54) is 31.4 Å². The molecule has 0 saturated heterocycles. The number of halogens is 1. The minimum Gasteiger partial charge on any atom is -0.510 e. The van der Waals surface area contributed by atoms with E-state index >= 15 is 0 Å². The fraction of sp³-hybridized carbons (Fsp3) is 0.571. The first-order valence-electron chi connectivity index (χ1n) is 6.92. The molecule has 1 aromatic carbocycles. The van der Waals surface area contributed by atoms with Gasteiger partial charge in [0, 0.05) is 0 Å². The molecule has 0 unspecified atom stereocenters. The van der Waals surface area contributed by atoms with Crippen LogP contribution in [0.2, 0.25) is 0 Å². The molecule has 1 aliphatic carbocycles. The van der Waals surface area contributed by atoms with Gasteiger partial charge in [0.25, 0.3) is 0 Å². The van der Waals surface area contributed by atoms with Crippen LogP contribution in [-0.2, 0) is 0 Å². The van der Waals surface area contributed by atoms with Gasteiger partial charge in [-0.05, 0) is 55.2 Å². The number of benzene rings is 1. The average molecular weight is 266 g/mol. The molecular formula is C14H20BFO3. The lowest BCUT2D eigenvalue weighted by atomic mass is 9.78. The highest BCUT2D eigenvalue weighted by Crippen LogP contribution is 2.37. The molecule has 0 bridgehead atoms. The van der Waals surface area contributed by atoms with E-state index in [0.717, 1.165) is 24.3 Å². The number of hydrogen-bond acceptors (Lipinski definition) is 3. The molecule has 1 saturated carbocycles. The second kappa shape index (κ2) is 6.39. The van der Waals surface area contributed by atoms with Crippen LogP contribution < -0.4 is 4.65 Å². The fourth-order valence-corrected chi connectivity index (χ4v) is 2.88. The van der Waals surface area contributed by atoms with Crippen LogP contribution >= 0.6 is 0 Å². The Morgan fingerprint density at radius 3 is 2.47 bits per heavy atom. The third kappa shape index (κ3) is 3.70. The Kier molecular flexibility index (Phi) is 4.83. The zero-order valence-electron chi connectivity index (χ0n) is 11.2. The van der Waals surface area contributed by atoms with Crippen LogP contribution in [0.25, 0.3) is 0 Å². The second-order valence-corrected chi connectivity index (χ2v) is 5.26. The summed E-state index contributed by atoms with van der Waals surface area (Å²) in [5.74, 6) is 0.558. The Labute approximate surface area is 113 Å². The summed E-state index contributed by atoms with van der Waals surface area (Å²) in [6.07, 6.45) is 5.83. The maximum absolute atomic E-state index is 13.8. The molecule has 1 fully saturated rings. The Morgan fingerprint density at radius 1 is 1.26 bits per heavy atom. The summed E-state index contributed by atoms with van der Waals surface area (Å²) in [5.41, 5.74) is 0.979. The van der Waals surface area contributed by atoms with E-state index in [4.69, 9.17) is 10.0 Å². The first-order chi connectivity index (χ1) is 9.10. The monoisotopic (exact) mass is 266 g/mol. The summed E-state index contributed by atoms with van der Waals surface area (Å²) in [6.45, 7) is 2.22. The highest BCUT2D eigenvalue weighted by Gasteiger charge is 2.22. The van der Waals surface area contributed by atoms with E-state index in [1.807, 2.05) is 6.07 Å². The standard InChI is InChI=1S/C14H20BFO3/c1-2-10-3-5-11(6-4-10)12-7-8-14(13(16)9-12)19-15(17)18/h7-11,17-18H,2-6H2,1H3. The van der Waals surface area contributed by atoms with E-state index in [9.17, 15) is 4.39 Å². The number of rotatable bonds is 4. The average Bonchev–Trinajstić information content (AvgIpc) is 2.41. The van der Waals surface area contributed by atoms with Gasteiger partial charge in [-0.1, -0.05) is 19.4 Å². The Balaban J connectivity index is 2.04. The minimum atomic E-state index is -1.99. The van der Waals surface area contributed by atoms with E-state index in [2.05, 4.69) is 11.6 Å². The molecule has 3 nitrogen and oxygen atoms in total. The van der Waals surface area contributed by atoms with Crippen LogP contribution in [0.4, 0.5) is 4.39 Å². The molecule has 19 heavy (non-hydrogen) atoms. The molecule has 0 aliphatic heterocycles. The lowest BCUT2D eigenvalue weighted by molar-refractivity contribution is 0.281. The van der Waals surface area contributed by atoms with Gasteiger partial charge in [-0.15, -0.1) is 0 Å². The van der Waals surface area contributed by atoms with Crippen molar-refractivity contribution in [1.82, 2.24) is 0 Å². The van der Waals surface area contributed by atoms with Crippen molar-refractivity contribution in [2.75, 3.05) is 0 Å². The quantitative estimate of drug-likeness (QED) is 0.824. The van der Waals surface area contributed by atoms with Crippen molar-refractivity contribution in [2.45, 2.75) is 44.9 Å². The van der Waals surface area contributed by atoms with Gasteiger partial charge in [-0.2, -0.15) is 0 Å². The van der Waals surface area contributed by atoms with Crippen molar-refractivity contribution in [2.24, 2.45) is 5.92 Å². The molecule has 2 rings (SSSR count). The van der Waals surface area contributed by atoms with Crippen LogP contribution in [0.5, 0.6) is 5.75 Å². The molecule has 1 aliphatic rings. The zero-order valence-corrected chi connectivity index (χ0v) is 11.2. The van der Waals surface area contributed by atoms with E-state index in [0.29, 0.717) is 5.92 Å². The fourth-order valence-electron chi connectivity index (χ4n) is 2.88. The summed E-state index contributed by atoms with van der Waals surface area (Å²) in [4.78, 5) is 0. The van der Waals surface area contributed by atoms with Gasteiger partial charge >= 0.3 is 7.32 Å². The second-order valence-electron chi connectivity index (χ2n) is 5.26. The van der Waals surface area contributed by atoms with Crippen molar-refractivity contribution in [1.29, 1.82) is 0 Å². The molecule has 0 heterocycles. The molecule has 0 atom stereocenters. The first-order valence-corrected chi connectivity index (χ1v) is 6.92. The van der Waals surface area contributed by atoms with Gasteiger partial charge in [0.2, 0.25) is 0 Å². The molecular weight excluding hydrogens is 246 g/mol. The summed E-state index contributed by atoms with van der Waals surface area (Å²) in [5, 5.41) is 17.3. The Hall–Kier alpha value is -1.07. The Bertz CT molecular complexity index is 417. The van der Waals surface area contributed by atoms with Crippen molar-refractivity contribution < 1.29 is 19.1 Å². The highest BCUT2D eigenvalue weighted by molar-refractivity contribution is 6.33. The molecule has 5 heteroatoms. The van der Waals surface area contributed by atoms with Crippen molar-refractivity contribution in [3.63, 3.8) is 0 Å². The maximum Gasteiger partial charge on any atom is 0.707 e. The topological polar surface area (TPSA) is 49.7 Å². The smallest absolute Gasteiger partial charge is 0.510 e. The van der Waals surface area contributed by atoms with Crippen LogP contribution in [0.1, 0.15) is 50.5 Å². The van der Waals surface area contributed by atoms with Gasteiger partial charge in [-0.3, -0.25) is 0 Å². The Morgan fingerprint density at radius 2 is 1.95 bits per heavy atom. The molecule has 0 aromatic heterocycles. The van der Waals surface area contributed by atoms with Crippen LogP contribution in [0.15, 0.2) is 18.2 Å². The molecule has 2 N–H and O–H groups in total. The van der Waals surface area contributed by atoms with E-state index in [1.54, 1.807) is 0 Å². The van der Waals surface area contributed by atoms with Crippen LogP contribution in [-0.4, -0.2) is 17.4 Å². The van der Waals surface area contributed by atoms with E-state index < -0.39 is 13.1 Å².